The van der Waals surface area contributed by atoms with Crippen molar-refractivity contribution in [2.24, 2.45) is 0 Å². The minimum atomic E-state index is -0.527. The lowest BCUT2D eigenvalue weighted by Gasteiger charge is -2.20. The number of ether oxygens (including phenoxy) is 1. The number of rotatable bonds is 7. The Labute approximate surface area is 186 Å². The molecule has 4 rings (SSSR count). The number of hydrogen-bond donors (Lipinski definition) is 0. The molecule has 0 bridgehead atoms. The van der Waals surface area contributed by atoms with E-state index in [1.165, 1.54) is 0 Å². The van der Waals surface area contributed by atoms with Gasteiger partial charge in [0.2, 0.25) is 0 Å². The molecule has 3 aromatic rings. The maximum atomic E-state index is 12.5. The summed E-state index contributed by atoms with van der Waals surface area (Å²) in [6, 6.07) is 15.6. The van der Waals surface area contributed by atoms with Crippen molar-refractivity contribution in [1.82, 2.24) is 14.5 Å². The molecule has 0 N–H and O–H groups in total. The molecule has 2 aromatic carbocycles. The summed E-state index contributed by atoms with van der Waals surface area (Å²) in [6.07, 6.45) is 0.847. The van der Waals surface area contributed by atoms with E-state index in [9.17, 15) is 9.59 Å². The molecule has 0 radical (unpaired) electrons. The molecule has 0 fully saturated rings. The molecule has 0 aliphatic carbocycles. The predicted octanol–water partition coefficient (Wildman–Crippen LogP) is 4.52. The number of carbonyl (C=O) groups excluding carboxylic acids is 2. The van der Waals surface area contributed by atoms with Crippen LogP contribution in [0.1, 0.15) is 43.1 Å². The molecule has 31 heavy (non-hydrogen) atoms. The second-order valence-corrected chi connectivity index (χ2v) is 9.70. The third kappa shape index (κ3) is 4.93. The Balaban J connectivity index is 1.39. The van der Waals surface area contributed by atoms with E-state index in [1.54, 1.807) is 11.8 Å². The van der Waals surface area contributed by atoms with Crippen LogP contribution in [-0.4, -0.2) is 44.2 Å². The highest BCUT2D eigenvalue weighted by Gasteiger charge is 2.26. The number of esters is 1. The van der Waals surface area contributed by atoms with E-state index < -0.39 is 5.60 Å². The number of thioether (sulfide) groups is 1. The maximum absolute atomic E-state index is 12.5. The van der Waals surface area contributed by atoms with Gasteiger partial charge in [-0.15, -0.1) is 0 Å². The van der Waals surface area contributed by atoms with Crippen LogP contribution in [0.3, 0.4) is 0 Å². The molecule has 0 unspecified atom stereocenters. The SMILES string of the molecule is CC(C)(C)OC(=O)Cn1c(SCCCN2Cc3ccccc3C2=O)nc2ccccc21. The van der Waals surface area contributed by atoms with Gasteiger partial charge < -0.3 is 14.2 Å². The number of para-hydroxylation sites is 2. The third-order valence-electron chi connectivity index (χ3n) is 5.03. The summed E-state index contributed by atoms with van der Waals surface area (Å²) in [4.78, 5) is 31.6. The summed E-state index contributed by atoms with van der Waals surface area (Å²) >= 11 is 1.61. The van der Waals surface area contributed by atoms with E-state index in [0.717, 1.165) is 39.5 Å². The van der Waals surface area contributed by atoms with Crippen LogP contribution in [0.15, 0.2) is 53.7 Å². The van der Waals surface area contributed by atoms with E-state index in [4.69, 9.17) is 9.72 Å². The fourth-order valence-electron chi connectivity index (χ4n) is 3.73. The average molecular weight is 438 g/mol. The van der Waals surface area contributed by atoms with Gasteiger partial charge in [0, 0.05) is 24.4 Å². The lowest BCUT2D eigenvalue weighted by Crippen LogP contribution is -2.26. The second-order valence-electron chi connectivity index (χ2n) is 8.64. The van der Waals surface area contributed by atoms with Crippen molar-refractivity contribution < 1.29 is 14.3 Å². The number of benzene rings is 2. The molecule has 162 valence electrons. The first-order valence-electron chi connectivity index (χ1n) is 10.5. The highest BCUT2D eigenvalue weighted by Crippen LogP contribution is 2.26. The number of hydrogen-bond acceptors (Lipinski definition) is 5. The molecule has 0 spiro atoms. The van der Waals surface area contributed by atoms with E-state index in [2.05, 4.69) is 0 Å². The molecule has 0 saturated heterocycles. The van der Waals surface area contributed by atoms with Gasteiger partial charge in [-0.2, -0.15) is 0 Å². The maximum Gasteiger partial charge on any atom is 0.326 e. The van der Waals surface area contributed by atoms with Crippen molar-refractivity contribution in [2.75, 3.05) is 12.3 Å². The number of aromatic nitrogens is 2. The van der Waals surface area contributed by atoms with E-state index in [1.807, 2.05) is 78.8 Å². The van der Waals surface area contributed by atoms with Crippen LogP contribution in [0, 0.1) is 0 Å². The van der Waals surface area contributed by atoms with Crippen molar-refractivity contribution in [3.05, 3.63) is 59.7 Å². The molecule has 7 heteroatoms. The summed E-state index contributed by atoms with van der Waals surface area (Å²) in [6.45, 7) is 7.10. The third-order valence-corrected chi connectivity index (χ3v) is 6.09. The minimum absolute atomic E-state index is 0.109. The van der Waals surface area contributed by atoms with Gasteiger partial charge in [0.15, 0.2) is 5.16 Å². The highest BCUT2D eigenvalue weighted by atomic mass is 32.2. The predicted molar refractivity (Wildman–Crippen MR) is 122 cm³/mol. The fourth-order valence-corrected chi connectivity index (χ4v) is 4.67. The van der Waals surface area contributed by atoms with Crippen molar-refractivity contribution in [1.29, 1.82) is 0 Å². The molecule has 0 saturated carbocycles. The summed E-state index contributed by atoms with van der Waals surface area (Å²) in [5.41, 5.74) is 3.16. The molecule has 1 aliphatic rings. The van der Waals surface area contributed by atoms with Crippen LogP contribution >= 0.6 is 11.8 Å². The van der Waals surface area contributed by atoms with Crippen LogP contribution in [0.5, 0.6) is 0 Å². The minimum Gasteiger partial charge on any atom is -0.459 e. The Bertz CT molecular complexity index is 1120. The van der Waals surface area contributed by atoms with Crippen molar-refractivity contribution in [3.8, 4) is 0 Å². The zero-order valence-corrected chi connectivity index (χ0v) is 18.9. The van der Waals surface area contributed by atoms with Gasteiger partial charge >= 0.3 is 5.97 Å². The molecular weight excluding hydrogens is 410 g/mol. The van der Waals surface area contributed by atoms with Crippen LogP contribution in [0.4, 0.5) is 0 Å². The summed E-state index contributed by atoms with van der Waals surface area (Å²) in [5, 5.41) is 0.795. The highest BCUT2D eigenvalue weighted by molar-refractivity contribution is 7.99. The largest absolute Gasteiger partial charge is 0.459 e. The van der Waals surface area contributed by atoms with Crippen LogP contribution < -0.4 is 0 Å². The lowest BCUT2D eigenvalue weighted by atomic mass is 10.1. The molecule has 1 aromatic heterocycles. The normalized spacial score (nSPS) is 13.6. The summed E-state index contributed by atoms with van der Waals surface area (Å²) < 4.78 is 7.43. The first-order valence-corrected chi connectivity index (χ1v) is 11.5. The van der Waals surface area contributed by atoms with Crippen LogP contribution in [-0.2, 0) is 22.6 Å². The van der Waals surface area contributed by atoms with Gasteiger partial charge in [-0.3, -0.25) is 9.59 Å². The number of amides is 1. The van der Waals surface area contributed by atoms with Crippen molar-refractivity contribution in [3.63, 3.8) is 0 Å². The zero-order valence-electron chi connectivity index (χ0n) is 18.1. The van der Waals surface area contributed by atoms with Gasteiger partial charge in [0.25, 0.3) is 5.91 Å². The second kappa shape index (κ2) is 8.75. The Morgan fingerprint density at radius 1 is 1.13 bits per heavy atom. The average Bonchev–Trinajstić information content (AvgIpc) is 3.22. The van der Waals surface area contributed by atoms with Crippen LogP contribution in [0.2, 0.25) is 0 Å². The number of fused-ring (bicyclic) bond motifs is 2. The topological polar surface area (TPSA) is 64.4 Å². The van der Waals surface area contributed by atoms with Gasteiger partial charge in [0.1, 0.15) is 12.1 Å². The summed E-state index contributed by atoms with van der Waals surface area (Å²) in [5.74, 6) is 0.633. The number of carbonyl (C=O) groups is 2. The van der Waals surface area contributed by atoms with Gasteiger partial charge in [-0.1, -0.05) is 42.1 Å². The quantitative estimate of drug-likeness (QED) is 0.309. The molecule has 2 heterocycles. The van der Waals surface area contributed by atoms with Gasteiger partial charge in [-0.05, 0) is 51.0 Å². The van der Waals surface area contributed by atoms with Crippen LogP contribution in [0.25, 0.3) is 11.0 Å². The van der Waals surface area contributed by atoms with Gasteiger partial charge in [0.05, 0.1) is 11.0 Å². The number of imidazole rings is 1. The zero-order chi connectivity index (χ0) is 22.0. The number of nitrogens with zero attached hydrogens (tertiary/aromatic N) is 3. The fraction of sp³-hybridized carbons (Fsp3) is 0.375. The summed E-state index contributed by atoms with van der Waals surface area (Å²) in [7, 11) is 0. The standard InChI is InChI=1S/C24H27N3O3S/c1-24(2,3)30-21(28)16-27-20-12-7-6-11-19(20)25-23(27)31-14-8-13-26-15-17-9-4-5-10-18(17)22(26)29/h4-7,9-12H,8,13-16H2,1-3H3. The van der Waals surface area contributed by atoms with Gasteiger partial charge in [-0.25, -0.2) is 4.98 Å². The molecule has 1 amide bonds. The van der Waals surface area contributed by atoms with E-state index >= 15 is 0 Å². The van der Waals surface area contributed by atoms with Crippen molar-refractivity contribution in [2.45, 2.75) is 51.0 Å². The smallest absolute Gasteiger partial charge is 0.326 e. The molecule has 6 nitrogen and oxygen atoms in total. The first kappa shape index (κ1) is 21.4. The molecule has 0 atom stereocenters. The van der Waals surface area contributed by atoms with Crippen molar-refractivity contribution >= 4 is 34.7 Å². The Hall–Kier alpha value is -2.80. The monoisotopic (exact) mass is 437 g/mol. The first-order chi connectivity index (χ1) is 14.8. The Kier molecular flexibility index (Phi) is 6.05. The van der Waals surface area contributed by atoms with E-state index in [-0.39, 0.29) is 18.4 Å². The molecule has 1 aliphatic heterocycles. The Morgan fingerprint density at radius 2 is 1.87 bits per heavy atom. The van der Waals surface area contributed by atoms with E-state index in [0.29, 0.717) is 13.1 Å². The Morgan fingerprint density at radius 3 is 2.65 bits per heavy atom. The molecular formula is C24H27N3O3S. The lowest BCUT2D eigenvalue weighted by molar-refractivity contribution is -0.155.